The van der Waals surface area contributed by atoms with Gasteiger partial charge in [0.15, 0.2) is 5.65 Å². The van der Waals surface area contributed by atoms with Crippen molar-refractivity contribution in [3.8, 4) is 0 Å². The van der Waals surface area contributed by atoms with Gasteiger partial charge in [-0.05, 0) is 43.2 Å². The minimum absolute atomic E-state index is 0.0205. The number of amides is 2. The zero-order valence-electron chi connectivity index (χ0n) is 14.9. The smallest absolute Gasteiger partial charge is 0.255 e. The molecule has 0 atom stereocenters. The summed E-state index contributed by atoms with van der Waals surface area (Å²) in [5, 5.41) is 8.14. The number of nitrogens with zero attached hydrogens (tertiary/aromatic N) is 4. The molecule has 1 N–H and O–H groups in total. The van der Waals surface area contributed by atoms with Crippen LogP contribution in [0.1, 0.15) is 28.5 Å². The summed E-state index contributed by atoms with van der Waals surface area (Å²) < 4.78 is 1.72. The number of aromatic nitrogens is 3. The molecule has 3 heterocycles. The second kappa shape index (κ2) is 5.94. The van der Waals surface area contributed by atoms with E-state index in [9.17, 15) is 9.59 Å². The van der Waals surface area contributed by atoms with Crippen molar-refractivity contribution in [3.05, 3.63) is 47.3 Å². The highest BCUT2D eigenvalue weighted by Crippen LogP contribution is 2.29. The highest BCUT2D eigenvalue weighted by molar-refractivity contribution is 6.06. The van der Waals surface area contributed by atoms with Gasteiger partial charge in [-0.2, -0.15) is 5.10 Å². The van der Waals surface area contributed by atoms with Gasteiger partial charge in [0.2, 0.25) is 5.91 Å². The molecule has 0 unspecified atom stereocenters. The molecule has 0 spiro atoms. The van der Waals surface area contributed by atoms with Gasteiger partial charge in [-0.3, -0.25) is 14.3 Å². The molecule has 4 rings (SSSR count). The lowest BCUT2D eigenvalue weighted by Gasteiger charge is -2.14. The third-order valence-electron chi connectivity index (χ3n) is 4.74. The van der Waals surface area contributed by atoms with Crippen LogP contribution < -0.4 is 10.2 Å². The molecule has 0 bridgehead atoms. The first kappa shape index (κ1) is 16.3. The maximum Gasteiger partial charge on any atom is 0.255 e. The number of hydrogen-bond donors (Lipinski definition) is 1. The molecule has 7 nitrogen and oxygen atoms in total. The molecule has 1 aliphatic heterocycles. The number of carbonyl (C=O) groups excluding carboxylic acids is 2. The van der Waals surface area contributed by atoms with Crippen LogP contribution in [0.5, 0.6) is 0 Å². The number of fused-ring (bicyclic) bond motifs is 2. The largest absolute Gasteiger partial charge is 0.321 e. The average Bonchev–Trinajstić information content (AvgIpc) is 3.15. The van der Waals surface area contributed by atoms with E-state index in [0.29, 0.717) is 17.8 Å². The molecular formula is C19H19N5O2. The van der Waals surface area contributed by atoms with Gasteiger partial charge >= 0.3 is 0 Å². The van der Waals surface area contributed by atoms with E-state index in [-0.39, 0.29) is 11.8 Å². The van der Waals surface area contributed by atoms with Crippen molar-refractivity contribution in [2.75, 3.05) is 16.8 Å². The summed E-state index contributed by atoms with van der Waals surface area (Å²) in [6, 6.07) is 7.32. The van der Waals surface area contributed by atoms with Crippen molar-refractivity contribution in [1.82, 2.24) is 14.8 Å². The maximum atomic E-state index is 12.6. The minimum Gasteiger partial charge on any atom is -0.321 e. The van der Waals surface area contributed by atoms with Crippen LogP contribution in [-0.2, 0) is 18.3 Å². The Labute approximate surface area is 150 Å². The Bertz CT molecular complexity index is 1050. The Hall–Kier alpha value is -3.22. The van der Waals surface area contributed by atoms with E-state index >= 15 is 0 Å². The second-order valence-electron chi connectivity index (χ2n) is 6.52. The van der Waals surface area contributed by atoms with E-state index in [4.69, 9.17) is 0 Å². The first-order valence-corrected chi connectivity index (χ1v) is 8.46. The fourth-order valence-corrected chi connectivity index (χ4v) is 3.45. The van der Waals surface area contributed by atoms with Gasteiger partial charge in [0.1, 0.15) is 0 Å². The third kappa shape index (κ3) is 2.61. The van der Waals surface area contributed by atoms with Gasteiger partial charge in [0.25, 0.3) is 5.91 Å². The van der Waals surface area contributed by atoms with Crippen molar-refractivity contribution >= 4 is 34.2 Å². The van der Waals surface area contributed by atoms with Gasteiger partial charge in [-0.25, -0.2) is 4.98 Å². The molecule has 1 aromatic carbocycles. The first-order chi connectivity index (χ1) is 12.4. The quantitative estimate of drug-likeness (QED) is 0.771. The van der Waals surface area contributed by atoms with Gasteiger partial charge in [0, 0.05) is 37.2 Å². The van der Waals surface area contributed by atoms with Crippen LogP contribution >= 0.6 is 0 Å². The molecule has 0 fully saturated rings. The maximum absolute atomic E-state index is 12.6. The predicted octanol–water partition coefficient (Wildman–Crippen LogP) is 2.44. The highest BCUT2D eigenvalue weighted by atomic mass is 16.2. The van der Waals surface area contributed by atoms with E-state index in [1.807, 2.05) is 32.2 Å². The first-order valence-electron chi connectivity index (χ1n) is 8.46. The Balaban J connectivity index is 1.59. The Morgan fingerprint density at radius 1 is 1.23 bits per heavy atom. The van der Waals surface area contributed by atoms with E-state index in [1.165, 1.54) is 0 Å². The summed E-state index contributed by atoms with van der Waals surface area (Å²) in [5.41, 5.74) is 4.75. The van der Waals surface area contributed by atoms with Crippen LogP contribution in [0.15, 0.2) is 30.5 Å². The number of pyridine rings is 1. The van der Waals surface area contributed by atoms with Crippen LogP contribution in [0.2, 0.25) is 0 Å². The lowest BCUT2D eigenvalue weighted by molar-refractivity contribution is -0.116. The van der Waals surface area contributed by atoms with E-state index in [0.717, 1.165) is 34.4 Å². The van der Waals surface area contributed by atoms with Crippen LogP contribution in [0.25, 0.3) is 11.0 Å². The van der Waals surface area contributed by atoms with Crippen LogP contribution in [0.4, 0.5) is 11.4 Å². The number of hydrogen-bond acceptors (Lipinski definition) is 4. The van der Waals surface area contributed by atoms with E-state index < -0.39 is 0 Å². The van der Waals surface area contributed by atoms with Crippen molar-refractivity contribution < 1.29 is 9.59 Å². The fraction of sp³-hybridized carbons (Fsp3) is 0.263. The number of aryl methyl sites for hydroxylation is 2. The van der Waals surface area contributed by atoms with Crippen molar-refractivity contribution in [1.29, 1.82) is 0 Å². The molecular weight excluding hydrogens is 330 g/mol. The van der Waals surface area contributed by atoms with Crippen molar-refractivity contribution in [2.45, 2.75) is 20.3 Å². The number of rotatable bonds is 2. The highest BCUT2D eigenvalue weighted by Gasteiger charge is 2.23. The Kier molecular flexibility index (Phi) is 3.72. The van der Waals surface area contributed by atoms with Crippen molar-refractivity contribution in [2.24, 2.45) is 7.05 Å². The number of nitrogens with one attached hydrogen (secondary N) is 1. The van der Waals surface area contributed by atoms with Crippen molar-refractivity contribution in [3.63, 3.8) is 0 Å². The lowest BCUT2D eigenvalue weighted by Crippen LogP contribution is -2.25. The summed E-state index contributed by atoms with van der Waals surface area (Å²) in [4.78, 5) is 30.4. The number of anilines is 2. The second-order valence-corrected chi connectivity index (χ2v) is 6.52. The van der Waals surface area contributed by atoms with E-state index in [2.05, 4.69) is 15.4 Å². The summed E-state index contributed by atoms with van der Waals surface area (Å²) >= 11 is 0. The predicted molar refractivity (Wildman–Crippen MR) is 99.4 cm³/mol. The van der Waals surface area contributed by atoms with Crippen LogP contribution in [0.3, 0.4) is 0 Å². The molecule has 0 saturated carbocycles. The number of benzene rings is 1. The molecule has 2 aromatic heterocycles. The van der Waals surface area contributed by atoms with Gasteiger partial charge < -0.3 is 10.2 Å². The SMILES string of the molecule is CC(=O)N1CCc2cc(C(=O)Nc3cnc4c(c3)c(C)nn4C)ccc21. The van der Waals surface area contributed by atoms with Gasteiger partial charge in [0.05, 0.1) is 17.6 Å². The normalized spacial score (nSPS) is 13.1. The van der Waals surface area contributed by atoms with E-state index in [1.54, 1.807) is 28.8 Å². The topological polar surface area (TPSA) is 80.1 Å². The van der Waals surface area contributed by atoms with Gasteiger partial charge in [-0.1, -0.05) is 0 Å². The monoisotopic (exact) mass is 349 g/mol. The molecule has 3 aromatic rings. The molecule has 7 heteroatoms. The minimum atomic E-state index is -0.197. The molecule has 26 heavy (non-hydrogen) atoms. The molecule has 0 aliphatic carbocycles. The van der Waals surface area contributed by atoms with Gasteiger partial charge in [-0.15, -0.1) is 0 Å². The number of carbonyl (C=O) groups is 2. The zero-order valence-corrected chi connectivity index (χ0v) is 14.9. The lowest BCUT2D eigenvalue weighted by atomic mass is 10.1. The summed E-state index contributed by atoms with van der Waals surface area (Å²) in [7, 11) is 1.84. The average molecular weight is 349 g/mol. The fourth-order valence-electron chi connectivity index (χ4n) is 3.45. The van der Waals surface area contributed by atoms with Crippen LogP contribution in [-0.4, -0.2) is 33.1 Å². The standard InChI is InChI=1S/C19H19N5O2/c1-11-16-9-15(10-20-18(16)23(3)22-11)21-19(26)14-4-5-17-13(8-14)6-7-24(17)12(2)25/h4-5,8-10H,6-7H2,1-3H3,(H,21,26). The van der Waals surface area contributed by atoms with Crippen LogP contribution in [0, 0.1) is 6.92 Å². The molecule has 132 valence electrons. The summed E-state index contributed by atoms with van der Waals surface area (Å²) in [5.74, 6) is -0.177. The summed E-state index contributed by atoms with van der Waals surface area (Å²) in [6.07, 6.45) is 2.39. The Morgan fingerprint density at radius 2 is 2.04 bits per heavy atom. The molecule has 1 aliphatic rings. The molecule has 0 radical (unpaired) electrons. The molecule has 0 saturated heterocycles. The zero-order chi connectivity index (χ0) is 18.4. The third-order valence-corrected chi connectivity index (χ3v) is 4.74. The summed E-state index contributed by atoms with van der Waals surface area (Å²) in [6.45, 7) is 4.13. The Morgan fingerprint density at radius 3 is 2.81 bits per heavy atom. The molecule has 2 amide bonds.